The minimum Gasteiger partial charge on any atom is -0.467 e. The largest absolute Gasteiger partial charge is 0.467 e. The molecule has 1 aromatic heterocycles. The molecule has 1 aliphatic heterocycles. The lowest BCUT2D eigenvalue weighted by Crippen LogP contribution is -2.48. The van der Waals surface area contributed by atoms with E-state index in [-0.39, 0.29) is 6.03 Å². The van der Waals surface area contributed by atoms with Gasteiger partial charge in [0.15, 0.2) is 0 Å². The summed E-state index contributed by atoms with van der Waals surface area (Å²) in [5.74, 6) is 1.21. The van der Waals surface area contributed by atoms with Crippen molar-refractivity contribution < 1.29 is 9.21 Å². The molecule has 1 fully saturated rings. The van der Waals surface area contributed by atoms with Crippen LogP contribution in [0, 0.1) is 5.92 Å². The summed E-state index contributed by atoms with van der Waals surface area (Å²) in [5.41, 5.74) is 0. The zero-order valence-corrected chi connectivity index (χ0v) is 13.7. The molecule has 22 heavy (non-hydrogen) atoms. The van der Waals surface area contributed by atoms with Crippen molar-refractivity contribution in [1.82, 2.24) is 20.4 Å². The Balaban J connectivity index is 1.57. The molecule has 0 unspecified atom stereocenters. The Morgan fingerprint density at radius 2 is 2.00 bits per heavy atom. The Morgan fingerprint density at radius 3 is 2.64 bits per heavy atom. The fraction of sp³-hybridized carbons (Fsp3) is 0.688. The molecular formula is C16H28N4O2. The summed E-state index contributed by atoms with van der Waals surface area (Å²) in [5, 5.41) is 5.72. The highest BCUT2D eigenvalue weighted by Gasteiger charge is 2.17. The number of nitrogens with one attached hydrogen (secondary N) is 2. The number of likely N-dealkylation sites (N-methyl/N-ethyl adjacent to an activating group) is 1. The minimum absolute atomic E-state index is 0.140. The highest BCUT2D eigenvalue weighted by Crippen LogP contribution is 2.05. The molecule has 2 amide bonds. The molecule has 1 atom stereocenters. The van der Waals surface area contributed by atoms with Gasteiger partial charge in [-0.3, -0.25) is 0 Å². The van der Waals surface area contributed by atoms with Gasteiger partial charge in [-0.05, 0) is 24.6 Å². The number of hydrogen-bond acceptors (Lipinski definition) is 4. The molecule has 0 saturated carbocycles. The van der Waals surface area contributed by atoms with E-state index in [0.29, 0.717) is 19.0 Å². The molecule has 6 heteroatoms. The number of furan rings is 1. The van der Waals surface area contributed by atoms with E-state index in [4.69, 9.17) is 4.42 Å². The van der Waals surface area contributed by atoms with Gasteiger partial charge in [0.2, 0.25) is 0 Å². The van der Waals surface area contributed by atoms with Crippen LogP contribution in [0.1, 0.15) is 19.6 Å². The molecule has 1 aromatic rings. The van der Waals surface area contributed by atoms with E-state index in [1.165, 1.54) is 0 Å². The van der Waals surface area contributed by atoms with E-state index in [9.17, 15) is 4.79 Å². The first-order valence-corrected chi connectivity index (χ1v) is 8.16. The number of hydrogen-bond donors (Lipinski definition) is 2. The smallest absolute Gasteiger partial charge is 0.315 e. The standard InChI is InChI=1S/C16H28N4O2/c1-3-19-6-8-20(9-7-19)13-14(2)11-17-16(21)18-12-15-5-4-10-22-15/h4-5,10,14H,3,6-9,11-13H2,1-2H3,(H2,17,18,21)/t14-/m0/s1. The molecule has 0 aliphatic carbocycles. The van der Waals surface area contributed by atoms with Gasteiger partial charge in [-0.1, -0.05) is 13.8 Å². The van der Waals surface area contributed by atoms with E-state index in [2.05, 4.69) is 34.3 Å². The van der Waals surface area contributed by atoms with Crippen molar-refractivity contribution in [3.63, 3.8) is 0 Å². The maximum absolute atomic E-state index is 11.7. The lowest BCUT2D eigenvalue weighted by molar-refractivity contribution is 0.124. The van der Waals surface area contributed by atoms with Crippen LogP contribution in [0.3, 0.4) is 0 Å². The van der Waals surface area contributed by atoms with Crippen molar-refractivity contribution in [2.24, 2.45) is 5.92 Å². The molecule has 0 bridgehead atoms. The van der Waals surface area contributed by atoms with Gasteiger partial charge in [0.1, 0.15) is 5.76 Å². The number of nitrogens with zero attached hydrogens (tertiary/aromatic N) is 2. The SMILES string of the molecule is CCN1CCN(C[C@@H](C)CNC(=O)NCc2ccco2)CC1. The molecule has 1 saturated heterocycles. The molecule has 1 aliphatic rings. The fourth-order valence-corrected chi connectivity index (χ4v) is 2.70. The number of carbonyl (C=O) groups is 1. The van der Waals surface area contributed by atoms with Gasteiger partial charge in [0, 0.05) is 39.3 Å². The van der Waals surface area contributed by atoms with E-state index < -0.39 is 0 Å². The summed E-state index contributed by atoms with van der Waals surface area (Å²) >= 11 is 0. The highest BCUT2D eigenvalue weighted by atomic mass is 16.3. The van der Waals surface area contributed by atoms with Crippen molar-refractivity contribution in [2.45, 2.75) is 20.4 Å². The Kier molecular flexibility index (Phi) is 6.74. The summed E-state index contributed by atoms with van der Waals surface area (Å²) in [6.07, 6.45) is 1.61. The predicted octanol–water partition coefficient (Wildman–Crippen LogP) is 1.35. The molecule has 2 heterocycles. The van der Waals surface area contributed by atoms with Crippen molar-refractivity contribution in [3.05, 3.63) is 24.2 Å². The zero-order chi connectivity index (χ0) is 15.8. The molecular weight excluding hydrogens is 280 g/mol. The van der Waals surface area contributed by atoms with E-state index >= 15 is 0 Å². The van der Waals surface area contributed by atoms with Crippen LogP contribution in [0.25, 0.3) is 0 Å². The van der Waals surface area contributed by atoms with Crippen molar-refractivity contribution in [3.8, 4) is 0 Å². The Morgan fingerprint density at radius 1 is 1.27 bits per heavy atom. The van der Waals surface area contributed by atoms with E-state index in [0.717, 1.165) is 45.0 Å². The minimum atomic E-state index is -0.140. The first-order chi connectivity index (χ1) is 10.7. The lowest BCUT2D eigenvalue weighted by atomic mass is 10.1. The first kappa shape index (κ1) is 16.8. The second kappa shape index (κ2) is 8.80. The number of rotatable bonds is 7. The third-order valence-electron chi connectivity index (χ3n) is 4.10. The number of amides is 2. The second-order valence-electron chi connectivity index (χ2n) is 5.98. The van der Waals surface area contributed by atoms with Crippen LogP contribution in [-0.4, -0.2) is 61.6 Å². The van der Waals surface area contributed by atoms with Crippen LogP contribution < -0.4 is 10.6 Å². The Hall–Kier alpha value is -1.53. The van der Waals surface area contributed by atoms with Gasteiger partial charge in [0.25, 0.3) is 0 Å². The third-order valence-corrected chi connectivity index (χ3v) is 4.10. The Labute approximate surface area is 132 Å². The maximum atomic E-state index is 11.7. The molecule has 2 N–H and O–H groups in total. The van der Waals surface area contributed by atoms with Crippen LogP contribution in [-0.2, 0) is 6.54 Å². The normalized spacial score (nSPS) is 18.1. The van der Waals surface area contributed by atoms with Gasteiger partial charge in [-0.2, -0.15) is 0 Å². The predicted molar refractivity (Wildman–Crippen MR) is 86.7 cm³/mol. The van der Waals surface area contributed by atoms with Crippen LogP contribution in [0.5, 0.6) is 0 Å². The highest BCUT2D eigenvalue weighted by molar-refractivity contribution is 5.73. The number of urea groups is 1. The van der Waals surface area contributed by atoms with Crippen molar-refractivity contribution in [1.29, 1.82) is 0 Å². The average molecular weight is 308 g/mol. The van der Waals surface area contributed by atoms with Crippen molar-refractivity contribution >= 4 is 6.03 Å². The van der Waals surface area contributed by atoms with E-state index in [1.807, 2.05) is 12.1 Å². The van der Waals surface area contributed by atoms with Gasteiger partial charge >= 0.3 is 6.03 Å². The summed E-state index contributed by atoms with van der Waals surface area (Å²) < 4.78 is 5.17. The molecule has 124 valence electrons. The third kappa shape index (κ3) is 5.69. The molecule has 0 aromatic carbocycles. The number of carbonyl (C=O) groups excluding carboxylic acids is 1. The van der Waals surface area contributed by atoms with Gasteiger partial charge in [-0.15, -0.1) is 0 Å². The van der Waals surface area contributed by atoms with Gasteiger partial charge in [-0.25, -0.2) is 4.79 Å². The monoisotopic (exact) mass is 308 g/mol. The maximum Gasteiger partial charge on any atom is 0.315 e. The molecule has 0 spiro atoms. The lowest BCUT2D eigenvalue weighted by Gasteiger charge is -2.35. The van der Waals surface area contributed by atoms with Gasteiger partial charge < -0.3 is 24.9 Å². The van der Waals surface area contributed by atoms with E-state index in [1.54, 1.807) is 6.26 Å². The quantitative estimate of drug-likeness (QED) is 0.798. The zero-order valence-electron chi connectivity index (χ0n) is 13.7. The summed E-state index contributed by atoms with van der Waals surface area (Å²) in [4.78, 5) is 16.7. The Bertz CT molecular complexity index is 427. The summed E-state index contributed by atoms with van der Waals surface area (Å²) in [6, 6.07) is 3.52. The van der Waals surface area contributed by atoms with Gasteiger partial charge in [0.05, 0.1) is 12.8 Å². The molecule has 0 radical (unpaired) electrons. The second-order valence-corrected chi connectivity index (χ2v) is 5.98. The van der Waals surface area contributed by atoms with Crippen LogP contribution in [0.4, 0.5) is 4.79 Å². The van der Waals surface area contributed by atoms with Crippen molar-refractivity contribution in [2.75, 3.05) is 45.8 Å². The van der Waals surface area contributed by atoms with Crippen LogP contribution in [0.2, 0.25) is 0 Å². The topological polar surface area (TPSA) is 60.8 Å². The van der Waals surface area contributed by atoms with Crippen LogP contribution >= 0.6 is 0 Å². The molecule has 2 rings (SSSR count). The first-order valence-electron chi connectivity index (χ1n) is 8.16. The summed E-state index contributed by atoms with van der Waals surface area (Å²) in [6.45, 7) is 12.2. The summed E-state index contributed by atoms with van der Waals surface area (Å²) in [7, 11) is 0. The fourth-order valence-electron chi connectivity index (χ4n) is 2.70. The van der Waals surface area contributed by atoms with Crippen LogP contribution in [0.15, 0.2) is 22.8 Å². The molecule has 6 nitrogen and oxygen atoms in total. The number of piperazine rings is 1. The average Bonchev–Trinajstić information content (AvgIpc) is 3.05.